The number of carbonyl (C=O) groups excluding carboxylic acids is 1. The molecule has 0 bridgehead atoms. The summed E-state index contributed by atoms with van der Waals surface area (Å²) in [4.78, 5) is 19.9. The number of nitrogens with two attached hydrogens (primary N) is 1. The number of amides is 1. The minimum atomic E-state index is -4.52. The van der Waals surface area contributed by atoms with Gasteiger partial charge in [-0.15, -0.1) is 0 Å². The molecule has 1 aromatic heterocycles. The maximum absolute atomic E-state index is 13.0. The highest BCUT2D eigenvalue weighted by Gasteiger charge is 2.33. The number of nitrogens with one attached hydrogen (secondary N) is 1. The molecule has 2 rings (SSSR count). The van der Waals surface area contributed by atoms with Crippen LogP contribution in [0.2, 0.25) is 0 Å². The lowest BCUT2D eigenvalue weighted by atomic mass is 10.0. The van der Waals surface area contributed by atoms with Crippen molar-refractivity contribution >= 4 is 17.5 Å². The summed E-state index contributed by atoms with van der Waals surface area (Å²) >= 11 is 0. The third-order valence-electron chi connectivity index (χ3n) is 3.16. The number of aryl methyl sites for hydroxylation is 2. The van der Waals surface area contributed by atoms with E-state index in [1.165, 1.54) is 18.2 Å². The Kier molecular flexibility index (Phi) is 4.53. The molecule has 0 atom stereocenters. The zero-order valence-electron chi connectivity index (χ0n) is 12.5. The van der Waals surface area contributed by atoms with Gasteiger partial charge in [-0.1, -0.05) is 13.0 Å². The highest BCUT2D eigenvalue weighted by atomic mass is 19.4. The minimum absolute atomic E-state index is 0.107. The second-order valence-electron chi connectivity index (χ2n) is 4.90. The summed E-state index contributed by atoms with van der Waals surface area (Å²) in [6, 6.07) is 4.82. The van der Waals surface area contributed by atoms with Crippen LogP contribution in [-0.4, -0.2) is 15.9 Å². The first-order valence-corrected chi connectivity index (χ1v) is 6.83. The molecule has 0 aliphatic heterocycles. The van der Waals surface area contributed by atoms with Crippen molar-refractivity contribution in [3.63, 3.8) is 0 Å². The zero-order valence-corrected chi connectivity index (χ0v) is 12.5. The number of carbonyl (C=O) groups is 1. The highest BCUT2D eigenvalue weighted by molar-refractivity contribution is 6.04. The maximum Gasteiger partial charge on any atom is 0.416 e. The van der Waals surface area contributed by atoms with Crippen molar-refractivity contribution in [2.45, 2.75) is 26.4 Å². The SMILES string of the molecule is CCc1ccc(C(=O)Nc2cc(N)nc(C)n2)cc1C(F)(F)F. The van der Waals surface area contributed by atoms with Gasteiger partial charge in [0.25, 0.3) is 5.91 Å². The molecule has 0 radical (unpaired) electrons. The van der Waals surface area contributed by atoms with Crippen molar-refractivity contribution in [1.29, 1.82) is 0 Å². The summed E-state index contributed by atoms with van der Waals surface area (Å²) < 4.78 is 39.1. The van der Waals surface area contributed by atoms with E-state index in [1.807, 2.05) is 0 Å². The quantitative estimate of drug-likeness (QED) is 0.908. The van der Waals surface area contributed by atoms with Gasteiger partial charge in [0, 0.05) is 11.6 Å². The topological polar surface area (TPSA) is 80.9 Å². The number of anilines is 2. The maximum atomic E-state index is 13.0. The van der Waals surface area contributed by atoms with Gasteiger partial charge < -0.3 is 11.1 Å². The largest absolute Gasteiger partial charge is 0.416 e. The molecule has 122 valence electrons. The molecule has 8 heteroatoms. The summed E-state index contributed by atoms with van der Waals surface area (Å²) in [5, 5.41) is 2.42. The van der Waals surface area contributed by atoms with Gasteiger partial charge in [0.05, 0.1) is 5.56 Å². The first-order chi connectivity index (χ1) is 10.7. The van der Waals surface area contributed by atoms with E-state index < -0.39 is 17.6 Å². The number of nitrogen functional groups attached to an aromatic ring is 1. The third-order valence-corrected chi connectivity index (χ3v) is 3.16. The van der Waals surface area contributed by atoms with Crippen LogP contribution in [0.3, 0.4) is 0 Å². The molecule has 0 saturated heterocycles. The van der Waals surface area contributed by atoms with Crippen LogP contribution >= 0.6 is 0 Å². The van der Waals surface area contributed by atoms with Crippen LogP contribution in [0.4, 0.5) is 24.8 Å². The van der Waals surface area contributed by atoms with E-state index in [9.17, 15) is 18.0 Å². The molecule has 1 amide bonds. The number of halogens is 3. The Morgan fingerprint density at radius 2 is 1.96 bits per heavy atom. The summed E-state index contributed by atoms with van der Waals surface area (Å²) in [5.41, 5.74) is 4.76. The Bertz CT molecular complexity index is 724. The number of alkyl halides is 3. The van der Waals surface area contributed by atoms with Gasteiger partial charge >= 0.3 is 6.18 Å². The lowest BCUT2D eigenvalue weighted by Gasteiger charge is -2.13. The molecule has 3 N–H and O–H groups in total. The lowest BCUT2D eigenvalue weighted by molar-refractivity contribution is -0.138. The van der Waals surface area contributed by atoms with Crippen molar-refractivity contribution < 1.29 is 18.0 Å². The fourth-order valence-electron chi connectivity index (χ4n) is 2.13. The van der Waals surface area contributed by atoms with Crippen LogP contribution < -0.4 is 11.1 Å². The van der Waals surface area contributed by atoms with Gasteiger partial charge in [-0.2, -0.15) is 13.2 Å². The Morgan fingerprint density at radius 3 is 2.52 bits per heavy atom. The molecule has 0 aliphatic carbocycles. The van der Waals surface area contributed by atoms with E-state index in [-0.39, 0.29) is 29.2 Å². The monoisotopic (exact) mass is 324 g/mol. The second kappa shape index (κ2) is 6.23. The first kappa shape index (κ1) is 16.7. The number of hydrogen-bond donors (Lipinski definition) is 2. The van der Waals surface area contributed by atoms with Crippen molar-refractivity contribution in [2.24, 2.45) is 0 Å². The van der Waals surface area contributed by atoms with Crippen LogP contribution in [0.25, 0.3) is 0 Å². The van der Waals surface area contributed by atoms with Gasteiger partial charge in [0.15, 0.2) is 0 Å². The molecule has 2 aromatic rings. The Balaban J connectivity index is 2.32. The fourth-order valence-corrected chi connectivity index (χ4v) is 2.13. The Hall–Kier alpha value is -2.64. The molecule has 0 spiro atoms. The van der Waals surface area contributed by atoms with E-state index in [4.69, 9.17) is 5.73 Å². The number of aromatic nitrogens is 2. The van der Waals surface area contributed by atoms with Crippen molar-refractivity contribution in [1.82, 2.24) is 9.97 Å². The van der Waals surface area contributed by atoms with Gasteiger partial charge in [-0.3, -0.25) is 4.79 Å². The molecule has 0 saturated carbocycles. The normalized spacial score (nSPS) is 11.3. The van der Waals surface area contributed by atoms with E-state index >= 15 is 0 Å². The van der Waals surface area contributed by atoms with Crippen LogP contribution in [0.5, 0.6) is 0 Å². The highest BCUT2D eigenvalue weighted by Crippen LogP contribution is 2.33. The van der Waals surface area contributed by atoms with Gasteiger partial charge in [0.1, 0.15) is 17.5 Å². The summed E-state index contributed by atoms with van der Waals surface area (Å²) in [6.45, 7) is 3.21. The number of rotatable bonds is 3. The van der Waals surface area contributed by atoms with Crippen LogP contribution in [-0.2, 0) is 12.6 Å². The molecular formula is C15H15F3N4O. The predicted molar refractivity (Wildman–Crippen MR) is 80.0 cm³/mol. The summed E-state index contributed by atoms with van der Waals surface area (Å²) in [5.74, 6) is -0.0634. The molecule has 23 heavy (non-hydrogen) atoms. The Morgan fingerprint density at radius 1 is 1.26 bits per heavy atom. The molecular weight excluding hydrogens is 309 g/mol. The second-order valence-corrected chi connectivity index (χ2v) is 4.90. The lowest BCUT2D eigenvalue weighted by Crippen LogP contribution is -2.16. The molecule has 0 aliphatic rings. The number of nitrogens with zero attached hydrogens (tertiary/aromatic N) is 2. The zero-order chi connectivity index (χ0) is 17.2. The molecule has 0 unspecified atom stereocenters. The summed E-state index contributed by atoms with van der Waals surface area (Å²) in [7, 11) is 0. The summed E-state index contributed by atoms with van der Waals surface area (Å²) in [6.07, 6.45) is -4.30. The number of hydrogen-bond acceptors (Lipinski definition) is 4. The van der Waals surface area contributed by atoms with E-state index in [1.54, 1.807) is 13.8 Å². The third kappa shape index (κ3) is 3.97. The average molecular weight is 324 g/mol. The predicted octanol–water partition coefficient (Wildman–Crippen LogP) is 3.20. The first-order valence-electron chi connectivity index (χ1n) is 6.83. The number of benzene rings is 1. The Labute approximate surface area is 130 Å². The van der Waals surface area contributed by atoms with E-state index in [0.29, 0.717) is 5.82 Å². The minimum Gasteiger partial charge on any atom is -0.384 e. The van der Waals surface area contributed by atoms with Crippen molar-refractivity contribution in [3.05, 3.63) is 46.8 Å². The van der Waals surface area contributed by atoms with Crippen LogP contribution in [0, 0.1) is 6.92 Å². The average Bonchev–Trinajstić information content (AvgIpc) is 2.44. The fraction of sp³-hybridized carbons (Fsp3) is 0.267. The van der Waals surface area contributed by atoms with Gasteiger partial charge in [-0.05, 0) is 31.0 Å². The van der Waals surface area contributed by atoms with Gasteiger partial charge in [0.2, 0.25) is 0 Å². The van der Waals surface area contributed by atoms with Gasteiger partial charge in [-0.25, -0.2) is 9.97 Å². The molecule has 0 fully saturated rings. The van der Waals surface area contributed by atoms with Crippen molar-refractivity contribution in [3.8, 4) is 0 Å². The van der Waals surface area contributed by atoms with E-state index in [2.05, 4.69) is 15.3 Å². The molecule has 1 heterocycles. The van der Waals surface area contributed by atoms with E-state index in [0.717, 1.165) is 6.07 Å². The molecule has 1 aromatic carbocycles. The standard InChI is InChI=1S/C15H15F3N4O/c1-3-9-4-5-10(6-11(9)15(16,17)18)14(23)22-13-7-12(19)20-8(2)21-13/h4-7H,3H2,1-2H3,(H3,19,20,21,22,23). The molecule has 5 nitrogen and oxygen atoms in total. The smallest absolute Gasteiger partial charge is 0.384 e. The van der Waals surface area contributed by atoms with Crippen LogP contribution in [0.1, 0.15) is 34.2 Å². The van der Waals surface area contributed by atoms with Crippen molar-refractivity contribution in [2.75, 3.05) is 11.1 Å². The van der Waals surface area contributed by atoms with Crippen LogP contribution in [0.15, 0.2) is 24.3 Å².